The maximum Gasteiger partial charge on any atom is 0.139 e. The van der Waals surface area contributed by atoms with Crippen LogP contribution in [0.3, 0.4) is 0 Å². The fourth-order valence-corrected chi connectivity index (χ4v) is 1.42. The second-order valence-corrected chi connectivity index (χ2v) is 3.97. The lowest BCUT2D eigenvalue weighted by molar-refractivity contribution is -0.00000404. The molecule has 2 nitrogen and oxygen atoms in total. The van der Waals surface area contributed by atoms with Crippen molar-refractivity contribution in [2.24, 2.45) is 0 Å². The molecule has 1 rings (SSSR count). The Labute approximate surface area is 96.5 Å². The van der Waals surface area contributed by atoms with Crippen LogP contribution >= 0.6 is 0 Å². The van der Waals surface area contributed by atoms with Crippen LogP contribution in [0.1, 0.15) is 12.5 Å². The van der Waals surface area contributed by atoms with E-state index in [9.17, 15) is 5.11 Å². The first-order valence-electron chi connectivity index (χ1n) is 4.60. The van der Waals surface area contributed by atoms with Gasteiger partial charge in [0.05, 0.1) is 20.6 Å². The van der Waals surface area contributed by atoms with Crippen molar-refractivity contribution in [2.75, 3.05) is 20.6 Å². The molecule has 1 aromatic carbocycles. The van der Waals surface area contributed by atoms with E-state index in [0.29, 0.717) is 5.75 Å². The van der Waals surface area contributed by atoms with Crippen molar-refractivity contribution in [3.63, 3.8) is 0 Å². The van der Waals surface area contributed by atoms with Gasteiger partial charge in [-0.1, -0.05) is 0 Å². The summed E-state index contributed by atoms with van der Waals surface area (Å²) >= 11 is 0. The van der Waals surface area contributed by atoms with Crippen LogP contribution in [0, 0.1) is 6.92 Å². The number of nitrogens with zero attached hydrogens (tertiary/aromatic N) is 1. The van der Waals surface area contributed by atoms with Gasteiger partial charge in [-0.3, -0.25) is 4.48 Å². The number of aryl methyl sites for hydroxylation is 1. The van der Waals surface area contributed by atoms with Crippen molar-refractivity contribution in [3.05, 3.63) is 23.8 Å². The molecule has 0 amide bonds. The Morgan fingerprint density at radius 1 is 1.29 bits per heavy atom. The second kappa shape index (κ2) is 4.80. The van der Waals surface area contributed by atoms with Gasteiger partial charge in [0.15, 0.2) is 0 Å². The van der Waals surface area contributed by atoms with Gasteiger partial charge in [0.25, 0.3) is 0 Å². The summed E-state index contributed by atoms with van der Waals surface area (Å²) in [5.41, 5.74) is 2.41. The van der Waals surface area contributed by atoms with E-state index in [1.54, 1.807) is 6.07 Å². The van der Waals surface area contributed by atoms with Crippen LogP contribution in [0.2, 0.25) is 0 Å². The number of hydrogen-bond acceptors (Lipinski definition) is 1. The van der Waals surface area contributed by atoms with E-state index >= 15 is 0 Å². The van der Waals surface area contributed by atoms with Crippen LogP contribution in [0.4, 0.5) is 5.69 Å². The van der Waals surface area contributed by atoms with Crippen LogP contribution in [-0.2, 0) is 0 Å². The van der Waals surface area contributed by atoms with Crippen LogP contribution < -0.4 is 21.5 Å². The highest BCUT2D eigenvalue weighted by Crippen LogP contribution is 2.27. The fourth-order valence-electron chi connectivity index (χ4n) is 1.42. The SMILES string of the molecule is CC[N+](C)(C)c1cc(O)ccc1C.[Br-]. The van der Waals surface area contributed by atoms with Gasteiger partial charge in [-0.15, -0.1) is 0 Å². The largest absolute Gasteiger partial charge is 1.00 e. The van der Waals surface area contributed by atoms with Gasteiger partial charge >= 0.3 is 0 Å². The molecule has 1 aromatic rings. The Balaban J connectivity index is 0.00000169. The molecule has 0 aliphatic heterocycles. The summed E-state index contributed by atoms with van der Waals surface area (Å²) in [6.45, 7) is 5.23. The molecular weight excluding hydrogens is 242 g/mol. The molecule has 0 aliphatic carbocycles. The van der Waals surface area contributed by atoms with E-state index in [-0.39, 0.29) is 17.0 Å². The standard InChI is InChI=1S/C11H17NO.BrH/c1-5-12(3,4)11-8-10(13)7-6-9(11)2;/h6-8H,5H2,1-4H3;1H. The first kappa shape index (κ1) is 13.5. The third-order valence-electron chi connectivity index (χ3n) is 2.64. The minimum atomic E-state index is 0. The first-order chi connectivity index (χ1) is 5.97. The highest BCUT2D eigenvalue weighted by atomic mass is 79.9. The van der Waals surface area contributed by atoms with Gasteiger partial charge < -0.3 is 22.1 Å². The molecule has 14 heavy (non-hydrogen) atoms. The number of halogens is 1. The van der Waals surface area contributed by atoms with Gasteiger partial charge in [0.2, 0.25) is 0 Å². The highest BCUT2D eigenvalue weighted by Gasteiger charge is 2.19. The van der Waals surface area contributed by atoms with E-state index in [1.807, 2.05) is 12.1 Å². The zero-order valence-corrected chi connectivity index (χ0v) is 10.8. The molecule has 0 aromatic heterocycles. The minimum Gasteiger partial charge on any atom is -1.00 e. The molecule has 0 atom stereocenters. The highest BCUT2D eigenvalue weighted by molar-refractivity contribution is 5.52. The average Bonchev–Trinajstić information content (AvgIpc) is 2.09. The molecule has 3 heteroatoms. The van der Waals surface area contributed by atoms with Crippen molar-refractivity contribution < 1.29 is 22.1 Å². The molecule has 0 aliphatic rings. The predicted octanol–water partition coefficient (Wildman–Crippen LogP) is -0.709. The maximum atomic E-state index is 9.39. The number of benzene rings is 1. The van der Waals surface area contributed by atoms with E-state index in [2.05, 4.69) is 27.9 Å². The average molecular weight is 260 g/mol. The van der Waals surface area contributed by atoms with Crippen molar-refractivity contribution in [1.29, 1.82) is 0 Å². The number of rotatable bonds is 2. The summed E-state index contributed by atoms with van der Waals surface area (Å²) in [5, 5.41) is 9.39. The second-order valence-electron chi connectivity index (χ2n) is 3.97. The van der Waals surface area contributed by atoms with E-state index in [0.717, 1.165) is 11.0 Å². The smallest absolute Gasteiger partial charge is 0.139 e. The number of phenols is 1. The number of aromatic hydroxyl groups is 1. The van der Waals surface area contributed by atoms with Gasteiger partial charge in [-0.25, -0.2) is 0 Å². The van der Waals surface area contributed by atoms with E-state index in [1.165, 1.54) is 11.3 Å². The molecule has 1 N–H and O–H groups in total. The summed E-state index contributed by atoms with van der Waals surface area (Å²) < 4.78 is 0.806. The predicted molar refractivity (Wildman–Crippen MR) is 57.0 cm³/mol. The fraction of sp³-hybridized carbons (Fsp3) is 0.455. The molecule has 0 fully saturated rings. The van der Waals surface area contributed by atoms with Gasteiger partial charge in [0.1, 0.15) is 11.4 Å². The molecule has 0 radical (unpaired) electrons. The molecule has 0 bridgehead atoms. The third-order valence-corrected chi connectivity index (χ3v) is 2.64. The first-order valence-corrected chi connectivity index (χ1v) is 4.60. The number of hydrogen-bond donors (Lipinski definition) is 1. The quantitative estimate of drug-likeness (QED) is 0.697. The normalized spacial score (nSPS) is 10.9. The molecule has 0 spiro atoms. The Hall–Kier alpha value is -0.540. The Morgan fingerprint density at radius 3 is 2.36 bits per heavy atom. The van der Waals surface area contributed by atoms with Crippen LogP contribution in [0.15, 0.2) is 18.2 Å². The third kappa shape index (κ3) is 2.72. The van der Waals surface area contributed by atoms with Gasteiger partial charge in [-0.2, -0.15) is 0 Å². The van der Waals surface area contributed by atoms with Crippen molar-refractivity contribution in [2.45, 2.75) is 13.8 Å². The topological polar surface area (TPSA) is 20.2 Å². The Morgan fingerprint density at radius 2 is 1.86 bits per heavy atom. The van der Waals surface area contributed by atoms with Crippen molar-refractivity contribution >= 4 is 5.69 Å². The van der Waals surface area contributed by atoms with Gasteiger partial charge in [0, 0.05) is 11.6 Å². The Bertz CT molecular complexity index is 310. The lowest BCUT2D eigenvalue weighted by atomic mass is 10.1. The molecular formula is C11H18BrNO. The van der Waals surface area contributed by atoms with Crippen LogP contribution in [0.5, 0.6) is 5.75 Å². The number of phenolic OH excluding ortho intramolecular Hbond substituents is 1. The minimum absolute atomic E-state index is 0. The summed E-state index contributed by atoms with van der Waals surface area (Å²) in [6.07, 6.45) is 0. The molecule has 0 saturated heterocycles. The number of quaternary nitrogens is 1. The van der Waals surface area contributed by atoms with E-state index in [4.69, 9.17) is 0 Å². The monoisotopic (exact) mass is 259 g/mol. The summed E-state index contributed by atoms with van der Waals surface area (Å²) in [5.74, 6) is 0.347. The Kier molecular flexibility index (Phi) is 4.62. The molecule has 0 saturated carbocycles. The lowest BCUT2D eigenvalue weighted by Gasteiger charge is -2.29. The van der Waals surface area contributed by atoms with Crippen molar-refractivity contribution in [3.8, 4) is 5.75 Å². The molecule has 0 heterocycles. The maximum absolute atomic E-state index is 9.39. The lowest BCUT2D eigenvalue weighted by Crippen LogP contribution is -3.00. The zero-order valence-electron chi connectivity index (χ0n) is 9.21. The van der Waals surface area contributed by atoms with Crippen LogP contribution in [0.25, 0.3) is 0 Å². The van der Waals surface area contributed by atoms with Crippen LogP contribution in [-0.4, -0.2) is 25.7 Å². The summed E-state index contributed by atoms with van der Waals surface area (Å²) in [7, 11) is 4.28. The molecule has 80 valence electrons. The zero-order chi connectivity index (χ0) is 10.1. The summed E-state index contributed by atoms with van der Waals surface area (Å²) in [4.78, 5) is 0. The van der Waals surface area contributed by atoms with Gasteiger partial charge in [-0.05, 0) is 26.0 Å². The van der Waals surface area contributed by atoms with Crippen molar-refractivity contribution in [1.82, 2.24) is 4.48 Å². The molecule has 0 unspecified atom stereocenters. The van der Waals surface area contributed by atoms with E-state index < -0.39 is 0 Å². The summed E-state index contributed by atoms with van der Waals surface area (Å²) in [6, 6.07) is 5.54.